The van der Waals surface area contributed by atoms with E-state index in [2.05, 4.69) is 0 Å². The molecule has 124 valence electrons. The summed E-state index contributed by atoms with van der Waals surface area (Å²) in [6, 6.07) is 10.7. The fraction of sp³-hybridized carbons (Fsp3) is 0.211. The summed E-state index contributed by atoms with van der Waals surface area (Å²) in [5, 5.41) is 10.0. The van der Waals surface area contributed by atoms with Crippen LogP contribution in [0.4, 0.5) is 4.39 Å². The number of hydrogen-bond donors (Lipinski definition) is 1. The molecule has 3 rings (SSSR count). The highest BCUT2D eigenvalue weighted by Crippen LogP contribution is 2.29. The maximum Gasteiger partial charge on any atom is 0.344 e. The van der Waals surface area contributed by atoms with Crippen LogP contribution in [0.5, 0.6) is 11.5 Å². The van der Waals surface area contributed by atoms with Crippen molar-refractivity contribution in [3.63, 3.8) is 0 Å². The van der Waals surface area contributed by atoms with E-state index in [0.29, 0.717) is 12.0 Å². The molecule has 1 aromatic heterocycles. The Balaban J connectivity index is 2.07. The summed E-state index contributed by atoms with van der Waals surface area (Å²) in [6.07, 6.45) is 1.77. The molecule has 0 unspecified atom stereocenters. The number of rotatable bonds is 5. The summed E-state index contributed by atoms with van der Waals surface area (Å²) in [6.45, 7) is 2.44. The maximum atomic E-state index is 14.7. The number of fused-ring (bicyclic) bond motifs is 1. The number of ether oxygens (including phenoxy) is 1. The highest BCUT2D eigenvalue weighted by molar-refractivity contribution is 5.83. The van der Waals surface area contributed by atoms with Crippen LogP contribution in [0.15, 0.2) is 51.7 Å². The predicted octanol–water partition coefficient (Wildman–Crippen LogP) is 4.48. The van der Waals surface area contributed by atoms with Crippen LogP contribution >= 0.6 is 0 Å². The van der Waals surface area contributed by atoms with Crippen molar-refractivity contribution in [1.82, 2.24) is 0 Å². The van der Waals surface area contributed by atoms with E-state index in [4.69, 9.17) is 9.15 Å². The van der Waals surface area contributed by atoms with Crippen LogP contribution in [0.1, 0.15) is 19.8 Å². The lowest BCUT2D eigenvalue weighted by molar-refractivity contribution is 0.294. The lowest BCUT2D eigenvalue weighted by Gasteiger charge is -2.10. The van der Waals surface area contributed by atoms with Gasteiger partial charge in [0.15, 0.2) is 11.6 Å². The molecule has 24 heavy (non-hydrogen) atoms. The van der Waals surface area contributed by atoms with Crippen molar-refractivity contribution < 1.29 is 18.7 Å². The number of unbranched alkanes of at least 4 members (excludes halogenated alkanes) is 1. The molecule has 0 amide bonds. The SMILES string of the molecule is CCCCOc1cccc(-c2cc3ccc(O)cc3oc2=O)c1F. The molecule has 0 spiro atoms. The molecule has 0 saturated carbocycles. The van der Waals surface area contributed by atoms with Crippen molar-refractivity contribution in [3.8, 4) is 22.6 Å². The number of hydrogen-bond acceptors (Lipinski definition) is 4. The summed E-state index contributed by atoms with van der Waals surface area (Å²) in [7, 11) is 0. The summed E-state index contributed by atoms with van der Waals surface area (Å²) in [5.74, 6) is -0.471. The Morgan fingerprint density at radius 2 is 2.00 bits per heavy atom. The number of benzene rings is 2. The standard InChI is InChI=1S/C19H17FO4/c1-2-3-9-23-16-6-4-5-14(18(16)20)15-10-12-7-8-13(21)11-17(12)24-19(15)22/h4-8,10-11,21H,2-3,9H2,1H3. The number of phenols is 1. The molecule has 5 heteroatoms. The van der Waals surface area contributed by atoms with Crippen LogP contribution in [0.3, 0.4) is 0 Å². The molecule has 0 fully saturated rings. The Bertz CT molecular complexity index is 930. The molecule has 0 saturated heterocycles. The van der Waals surface area contributed by atoms with Gasteiger partial charge < -0.3 is 14.3 Å². The summed E-state index contributed by atoms with van der Waals surface area (Å²) >= 11 is 0. The Morgan fingerprint density at radius 3 is 2.79 bits per heavy atom. The highest BCUT2D eigenvalue weighted by atomic mass is 19.1. The van der Waals surface area contributed by atoms with E-state index in [-0.39, 0.29) is 28.2 Å². The first-order chi connectivity index (χ1) is 11.6. The average molecular weight is 328 g/mol. The van der Waals surface area contributed by atoms with Crippen molar-refractivity contribution in [2.75, 3.05) is 6.61 Å². The van der Waals surface area contributed by atoms with E-state index in [0.717, 1.165) is 12.8 Å². The van der Waals surface area contributed by atoms with Crippen molar-refractivity contribution in [2.24, 2.45) is 0 Å². The van der Waals surface area contributed by atoms with E-state index in [1.54, 1.807) is 18.2 Å². The molecule has 0 radical (unpaired) electrons. The normalized spacial score (nSPS) is 10.9. The molecule has 0 bridgehead atoms. The van der Waals surface area contributed by atoms with Gasteiger partial charge in [0.1, 0.15) is 11.3 Å². The molecular formula is C19H17FO4. The lowest BCUT2D eigenvalue weighted by Crippen LogP contribution is -2.05. The fourth-order valence-electron chi connectivity index (χ4n) is 2.44. The third-order valence-electron chi connectivity index (χ3n) is 3.73. The van der Waals surface area contributed by atoms with Gasteiger partial charge in [0.2, 0.25) is 0 Å². The van der Waals surface area contributed by atoms with Gasteiger partial charge in [-0.3, -0.25) is 0 Å². The molecule has 0 atom stereocenters. The lowest BCUT2D eigenvalue weighted by atomic mass is 10.0. The number of aromatic hydroxyl groups is 1. The quantitative estimate of drug-likeness (QED) is 0.554. The average Bonchev–Trinajstić information content (AvgIpc) is 2.56. The van der Waals surface area contributed by atoms with Gasteiger partial charge in [0, 0.05) is 17.0 Å². The maximum absolute atomic E-state index is 14.7. The van der Waals surface area contributed by atoms with E-state index in [1.807, 2.05) is 6.92 Å². The van der Waals surface area contributed by atoms with E-state index in [9.17, 15) is 14.3 Å². The van der Waals surface area contributed by atoms with Crippen LogP contribution in [-0.4, -0.2) is 11.7 Å². The molecule has 3 aromatic rings. The zero-order chi connectivity index (χ0) is 17.1. The zero-order valence-corrected chi connectivity index (χ0v) is 13.2. The second-order valence-electron chi connectivity index (χ2n) is 5.49. The van der Waals surface area contributed by atoms with Crippen molar-refractivity contribution in [1.29, 1.82) is 0 Å². The van der Waals surface area contributed by atoms with Gasteiger partial charge in [-0.15, -0.1) is 0 Å². The van der Waals surface area contributed by atoms with Gasteiger partial charge in [-0.25, -0.2) is 9.18 Å². The first-order valence-corrected chi connectivity index (χ1v) is 7.78. The zero-order valence-electron chi connectivity index (χ0n) is 13.2. The molecule has 2 aromatic carbocycles. The molecule has 0 aliphatic carbocycles. The Kier molecular flexibility index (Phi) is 4.51. The van der Waals surface area contributed by atoms with Crippen molar-refractivity contribution in [3.05, 3.63) is 58.7 Å². The van der Waals surface area contributed by atoms with Gasteiger partial charge in [0.25, 0.3) is 0 Å². The van der Waals surface area contributed by atoms with Crippen LogP contribution in [0, 0.1) is 5.82 Å². The molecule has 1 heterocycles. The summed E-state index contributed by atoms with van der Waals surface area (Å²) < 4.78 is 25.3. The van der Waals surface area contributed by atoms with Crippen molar-refractivity contribution >= 4 is 11.0 Å². The molecular weight excluding hydrogens is 311 g/mol. The van der Waals surface area contributed by atoms with Gasteiger partial charge >= 0.3 is 5.63 Å². The van der Waals surface area contributed by atoms with E-state index < -0.39 is 11.4 Å². The Hall–Kier alpha value is -2.82. The van der Waals surface area contributed by atoms with Gasteiger partial charge in [-0.2, -0.15) is 0 Å². The highest BCUT2D eigenvalue weighted by Gasteiger charge is 2.16. The minimum absolute atomic E-state index is 0.00379. The van der Waals surface area contributed by atoms with Crippen LogP contribution < -0.4 is 10.4 Å². The van der Waals surface area contributed by atoms with Crippen molar-refractivity contribution in [2.45, 2.75) is 19.8 Å². The third kappa shape index (κ3) is 3.11. The fourth-order valence-corrected chi connectivity index (χ4v) is 2.44. The first-order valence-electron chi connectivity index (χ1n) is 7.78. The Morgan fingerprint density at radius 1 is 1.17 bits per heavy atom. The van der Waals surface area contributed by atoms with E-state index in [1.165, 1.54) is 24.3 Å². The smallest absolute Gasteiger partial charge is 0.344 e. The van der Waals surface area contributed by atoms with Crippen LogP contribution in [0.25, 0.3) is 22.1 Å². The van der Waals surface area contributed by atoms with E-state index >= 15 is 0 Å². The second-order valence-corrected chi connectivity index (χ2v) is 5.49. The topological polar surface area (TPSA) is 59.7 Å². The third-order valence-corrected chi connectivity index (χ3v) is 3.73. The summed E-state index contributed by atoms with van der Waals surface area (Å²) in [5.41, 5.74) is -0.170. The molecule has 1 N–H and O–H groups in total. The minimum Gasteiger partial charge on any atom is -0.508 e. The number of halogens is 1. The van der Waals surface area contributed by atoms with Gasteiger partial charge in [-0.1, -0.05) is 25.5 Å². The number of phenolic OH excluding ortho intramolecular Hbond substituents is 1. The molecule has 4 nitrogen and oxygen atoms in total. The Labute approximate surface area is 138 Å². The monoisotopic (exact) mass is 328 g/mol. The predicted molar refractivity (Wildman–Crippen MR) is 89.9 cm³/mol. The van der Waals surface area contributed by atoms with Gasteiger partial charge in [0.05, 0.1) is 12.2 Å². The van der Waals surface area contributed by atoms with Crippen LogP contribution in [0.2, 0.25) is 0 Å². The second kappa shape index (κ2) is 6.74. The largest absolute Gasteiger partial charge is 0.508 e. The minimum atomic E-state index is -0.669. The van der Waals surface area contributed by atoms with Gasteiger partial charge in [-0.05, 0) is 30.7 Å². The first kappa shape index (κ1) is 16.1. The summed E-state index contributed by atoms with van der Waals surface area (Å²) in [4.78, 5) is 12.2. The molecule has 0 aliphatic rings. The van der Waals surface area contributed by atoms with Crippen LogP contribution in [-0.2, 0) is 0 Å². The molecule has 0 aliphatic heterocycles.